The predicted molar refractivity (Wildman–Crippen MR) is 74.7 cm³/mol. The van der Waals surface area contributed by atoms with Gasteiger partial charge in [0, 0.05) is 12.6 Å². The molecule has 0 saturated carbocycles. The molecule has 0 aliphatic rings. The van der Waals surface area contributed by atoms with Crippen molar-refractivity contribution in [3.05, 3.63) is 29.8 Å². The Kier molecular flexibility index (Phi) is 6.73. The molecule has 0 aliphatic heterocycles. The number of likely N-dealkylation sites (N-methyl/N-ethyl adjacent to an activating group) is 1. The maximum atomic E-state index is 11.6. The molecule has 0 aliphatic carbocycles. The zero-order valence-corrected chi connectivity index (χ0v) is 12.0. The van der Waals surface area contributed by atoms with Crippen molar-refractivity contribution < 1.29 is 23.9 Å². The molecule has 7 nitrogen and oxygen atoms in total. The Balaban J connectivity index is 2.37. The van der Waals surface area contributed by atoms with Gasteiger partial charge >= 0.3 is 5.97 Å². The van der Waals surface area contributed by atoms with Crippen LogP contribution in [0, 0.1) is 0 Å². The summed E-state index contributed by atoms with van der Waals surface area (Å²) in [5.41, 5.74) is 0.677. The number of esters is 1. The van der Waals surface area contributed by atoms with Crippen LogP contribution in [0.2, 0.25) is 0 Å². The number of hydrogen-bond donors (Lipinski definition) is 2. The number of benzene rings is 1. The highest BCUT2D eigenvalue weighted by Gasteiger charge is 2.11. The van der Waals surface area contributed by atoms with E-state index < -0.39 is 18.5 Å². The summed E-state index contributed by atoms with van der Waals surface area (Å²) in [5.74, 6) is -0.830. The van der Waals surface area contributed by atoms with Crippen molar-refractivity contribution in [3.63, 3.8) is 0 Å². The van der Waals surface area contributed by atoms with Crippen LogP contribution in [0.15, 0.2) is 24.3 Å². The van der Waals surface area contributed by atoms with Gasteiger partial charge in [0.2, 0.25) is 5.91 Å². The summed E-state index contributed by atoms with van der Waals surface area (Å²) < 4.78 is 9.95. The van der Waals surface area contributed by atoms with E-state index in [1.165, 1.54) is 14.2 Å². The largest absolute Gasteiger partial charge is 0.496 e. The molecule has 2 N–H and O–H groups in total. The van der Waals surface area contributed by atoms with Crippen molar-refractivity contribution in [3.8, 4) is 5.75 Å². The monoisotopic (exact) mass is 294 g/mol. The van der Waals surface area contributed by atoms with Crippen LogP contribution in [0.1, 0.15) is 5.56 Å². The maximum Gasteiger partial charge on any atom is 0.310 e. The molecule has 1 aromatic carbocycles. The van der Waals surface area contributed by atoms with E-state index in [1.807, 2.05) is 0 Å². The number of hydrogen-bond acceptors (Lipinski definition) is 5. The average Bonchev–Trinajstić information content (AvgIpc) is 2.51. The number of ether oxygens (including phenoxy) is 2. The lowest BCUT2D eigenvalue weighted by Crippen LogP contribution is -2.37. The van der Waals surface area contributed by atoms with Gasteiger partial charge in [-0.2, -0.15) is 0 Å². The minimum atomic E-state index is -0.547. The first kappa shape index (κ1) is 16.5. The Morgan fingerprint density at radius 2 is 1.86 bits per heavy atom. The first-order chi connectivity index (χ1) is 10.1. The van der Waals surface area contributed by atoms with Gasteiger partial charge in [0.05, 0.1) is 20.1 Å². The quantitative estimate of drug-likeness (QED) is 0.670. The van der Waals surface area contributed by atoms with Crippen LogP contribution < -0.4 is 15.4 Å². The van der Waals surface area contributed by atoms with Crippen LogP contribution >= 0.6 is 0 Å². The first-order valence-corrected chi connectivity index (χ1v) is 6.31. The van der Waals surface area contributed by atoms with E-state index in [4.69, 9.17) is 9.47 Å². The van der Waals surface area contributed by atoms with Gasteiger partial charge < -0.3 is 20.1 Å². The molecule has 7 heteroatoms. The van der Waals surface area contributed by atoms with E-state index in [-0.39, 0.29) is 18.9 Å². The van der Waals surface area contributed by atoms with Crippen LogP contribution in [0.25, 0.3) is 0 Å². The Hall–Kier alpha value is -2.57. The van der Waals surface area contributed by atoms with Crippen molar-refractivity contribution >= 4 is 17.8 Å². The minimum absolute atomic E-state index is 0.00669. The van der Waals surface area contributed by atoms with Gasteiger partial charge in [-0.15, -0.1) is 0 Å². The highest BCUT2D eigenvalue weighted by molar-refractivity contribution is 5.86. The van der Waals surface area contributed by atoms with Gasteiger partial charge in [-0.3, -0.25) is 14.4 Å². The Morgan fingerprint density at radius 1 is 1.14 bits per heavy atom. The van der Waals surface area contributed by atoms with E-state index >= 15 is 0 Å². The van der Waals surface area contributed by atoms with Crippen LogP contribution in [-0.4, -0.2) is 45.1 Å². The number of carbonyl (C=O) groups excluding carboxylic acids is 3. The molecule has 2 amide bonds. The fraction of sp³-hybridized carbons (Fsp3) is 0.357. The third-order valence-electron chi connectivity index (χ3n) is 2.62. The molecule has 0 fully saturated rings. The van der Waals surface area contributed by atoms with Gasteiger partial charge in [0.15, 0.2) is 6.61 Å². The number of methoxy groups -OCH3 is 1. The molecule has 0 heterocycles. The molecule has 0 spiro atoms. The highest BCUT2D eigenvalue weighted by Crippen LogP contribution is 2.17. The minimum Gasteiger partial charge on any atom is -0.496 e. The zero-order chi connectivity index (χ0) is 15.7. The summed E-state index contributed by atoms with van der Waals surface area (Å²) in [5, 5.41) is 4.68. The Morgan fingerprint density at radius 3 is 2.52 bits per heavy atom. The second-order valence-corrected chi connectivity index (χ2v) is 4.10. The van der Waals surface area contributed by atoms with Gasteiger partial charge in [-0.1, -0.05) is 18.2 Å². The topological polar surface area (TPSA) is 93.7 Å². The molecule has 0 bridgehead atoms. The average molecular weight is 294 g/mol. The van der Waals surface area contributed by atoms with Crippen LogP contribution in [-0.2, 0) is 25.5 Å². The van der Waals surface area contributed by atoms with Crippen LogP contribution in [0.3, 0.4) is 0 Å². The number of amides is 2. The molecule has 0 radical (unpaired) electrons. The molecule has 21 heavy (non-hydrogen) atoms. The van der Waals surface area contributed by atoms with Crippen molar-refractivity contribution in [1.82, 2.24) is 10.6 Å². The number of carbonyl (C=O) groups is 3. The van der Waals surface area contributed by atoms with E-state index in [2.05, 4.69) is 10.6 Å². The fourth-order valence-corrected chi connectivity index (χ4v) is 1.52. The van der Waals surface area contributed by atoms with Crippen LogP contribution in [0.5, 0.6) is 5.75 Å². The summed E-state index contributed by atoms with van der Waals surface area (Å²) in [6.07, 6.45) is 0.00669. The molecule has 114 valence electrons. The second kappa shape index (κ2) is 8.57. The molecule has 0 unspecified atom stereocenters. The summed E-state index contributed by atoms with van der Waals surface area (Å²) in [4.78, 5) is 33.9. The number of para-hydroxylation sites is 1. The van der Waals surface area contributed by atoms with Crippen molar-refractivity contribution in [2.24, 2.45) is 0 Å². The van der Waals surface area contributed by atoms with Gasteiger partial charge in [0.25, 0.3) is 5.91 Å². The maximum absolute atomic E-state index is 11.6. The molecule has 0 saturated heterocycles. The fourth-order valence-electron chi connectivity index (χ4n) is 1.52. The third-order valence-corrected chi connectivity index (χ3v) is 2.62. The third kappa shape index (κ3) is 5.94. The molecule has 1 rings (SSSR count). The number of rotatable bonds is 7. The first-order valence-electron chi connectivity index (χ1n) is 6.31. The summed E-state index contributed by atoms with van der Waals surface area (Å²) >= 11 is 0. The lowest BCUT2D eigenvalue weighted by molar-refractivity contribution is -0.148. The van der Waals surface area contributed by atoms with Crippen molar-refractivity contribution in [2.75, 3.05) is 27.3 Å². The van der Waals surface area contributed by atoms with E-state index in [0.717, 1.165) is 0 Å². The SMILES string of the molecule is CNC(=O)CNC(=O)COC(=O)Cc1ccccc1OC. The van der Waals surface area contributed by atoms with Gasteiger partial charge in [-0.05, 0) is 6.07 Å². The Bertz CT molecular complexity index is 516. The molecule has 0 aromatic heterocycles. The smallest absolute Gasteiger partial charge is 0.310 e. The van der Waals surface area contributed by atoms with E-state index in [0.29, 0.717) is 11.3 Å². The van der Waals surface area contributed by atoms with Crippen molar-refractivity contribution in [1.29, 1.82) is 0 Å². The lowest BCUT2D eigenvalue weighted by atomic mass is 10.1. The van der Waals surface area contributed by atoms with Crippen LogP contribution in [0.4, 0.5) is 0 Å². The van der Waals surface area contributed by atoms with Gasteiger partial charge in [0.1, 0.15) is 5.75 Å². The molecule has 1 aromatic rings. The summed E-state index contributed by atoms with van der Waals surface area (Å²) in [7, 11) is 2.97. The summed E-state index contributed by atoms with van der Waals surface area (Å²) in [6.45, 7) is -0.579. The predicted octanol–water partition coefficient (Wildman–Crippen LogP) is -0.357. The van der Waals surface area contributed by atoms with Crippen molar-refractivity contribution in [2.45, 2.75) is 6.42 Å². The zero-order valence-electron chi connectivity index (χ0n) is 12.0. The Labute approximate surface area is 122 Å². The van der Waals surface area contributed by atoms with Gasteiger partial charge in [-0.25, -0.2) is 0 Å². The molecular formula is C14H18N2O5. The standard InChI is InChI=1S/C14H18N2O5/c1-15-12(17)8-16-13(18)9-21-14(19)7-10-5-3-4-6-11(10)20-2/h3-6H,7-9H2,1-2H3,(H,15,17)(H,16,18). The normalized spacial score (nSPS) is 9.62. The highest BCUT2D eigenvalue weighted by atomic mass is 16.5. The molecule has 0 atom stereocenters. The second-order valence-electron chi connectivity index (χ2n) is 4.10. The number of nitrogens with one attached hydrogen (secondary N) is 2. The van der Waals surface area contributed by atoms with E-state index in [9.17, 15) is 14.4 Å². The van der Waals surface area contributed by atoms with E-state index in [1.54, 1.807) is 24.3 Å². The lowest BCUT2D eigenvalue weighted by Gasteiger charge is -2.08. The molecular weight excluding hydrogens is 276 g/mol. The summed E-state index contributed by atoms with van der Waals surface area (Å²) in [6, 6.07) is 7.05.